The first-order valence-electron chi connectivity index (χ1n) is 10.8. The van der Waals surface area contributed by atoms with Crippen molar-refractivity contribution in [3.8, 4) is 10.4 Å². The number of nitrogens with zero attached hydrogens (tertiary/aromatic N) is 1. The topological polar surface area (TPSA) is 101 Å². The van der Waals surface area contributed by atoms with Crippen LogP contribution in [0.4, 0.5) is 0 Å². The molecule has 2 aromatic carbocycles. The second-order valence-corrected chi connectivity index (χ2v) is 10.4. The van der Waals surface area contributed by atoms with E-state index < -0.39 is 23.5 Å². The molecule has 178 valence electrons. The highest BCUT2D eigenvalue weighted by atomic mass is 35.5. The SMILES string of the molecule is CC(C)(Cc1ccccc1)N(C(=O)c1cccc(-c2ccc(Cl)s2)c1)[C@@H](CCC(=O)O)C(N)=O. The summed E-state index contributed by atoms with van der Waals surface area (Å²) in [5, 5.41) is 9.22. The van der Waals surface area contributed by atoms with Crippen LogP contribution in [-0.4, -0.2) is 39.4 Å². The van der Waals surface area contributed by atoms with Crippen LogP contribution >= 0.6 is 22.9 Å². The number of thiophene rings is 1. The van der Waals surface area contributed by atoms with Crippen molar-refractivity contribution in [2.75, 3.05) is 0 Å². The molecule has 1 atom stereocenters. The minimum atomic E-state index is -1.08. The first kappa shape index (κ1) is 25.5. The number of rotatable bonds is 10. The molecule has 0 saturated carbocycles. The van der Waals surface area contributed by atoms with Crippen molar-refractivity contribution < 1.29 is 19.5 Å². The van der Waals surface area contributed by atoms with Gasteiger partial charge in [0, 0.05) is 22.4 Å². The highest BCUT2D eigenvalue weighted by Crippen LogP contribution is 2.33. The lowest BCUT2D eigenvalue weighted by Crippen LogP contribution is -2.58. The summed E-state index contributed by atoms with van der Waals surface area (Å²) in [6.07, 6.45) is 0.0953. The molecule has 0 aliphatic rings. The van der Waals surface area contributed by atoms with Crippen molar-refractivity contribution in [1.82, 2.24) is 4.90 Å². The van der Waals surface area contributed by atoms with Gasteiger partial charge in [0.15, 0.2) is 0 Å². The third-order valence-corrected chi connectivity index (χ3v) is 6.87. The van der Waals surface area contributed by atoms with Gasteiger partial charge in [-0.25, -0.2) is 0 Å². The van der Waals surface area contributed by atoms with Crippen LogP contribution in [0.25, 0.3) is 10.4 Å². The van der Waals surface area contributed by atoms with Crippen LogP contribution < -0.4 is 5.73 Å². The van der Waals surface area contributed by atoms with Crippen LogP contribution in [0.3, 0.4) is 0 Å². The molecule has 2 amide bonds. The van der Waals surface area contributed by atoms with Gasteiger partial charge in [-0.1, -0.05) is 54.1 Å². The number of primary amides is 1. The van der Waals surface area contributed by atoms with Gasteiger partial charge in [-0.15, -0.1) is 11.3 Å². The Labute approximate surface area is 208 Å². The summed E-state index contributed by atoms with van der Waals surface area (Å²) in [7, 11) is 0. The van der Waals surface area contributed by atoms with E-state index in [4.69, 9.17) is 17.3 Å². The first-order valence-corrected chi connectivity index (χ1v) is 12.0. The number of carbonyl (C=O) groups is 3. The van der Waals surface area contributed by atoms with Gasteiger partial charge >= 0.3 is 5.97 Å². The van der Waals surface area contributed by atoms with Crippen LogP contribution in [0.5, 0.6) is 0 Å². The molecule has 6 nitrogen and oxygen atoms in total. The van der Waals surface area contributed by atoms with Gasteiger partial charge in [0.2, 0.25) is 5.91 Å². The summed E-state index contributed by atoms with van der Waals surface area (Å²) in [5.74, 6) is -2.19. The van der Waals surface area contributed by atoms with Crippen LogP contribution in [0, 0.1) is 0 Å². The van der Waals surface area contributed by atoms with E-state index >= 15 is 0 Å². The number of hydrogen-bond donors (Lipinski definition) is 2. The maximum atomic E-state index is 13.9. The summed E-state index contributed by atoms with van der Waals surface area (Å²) in [6.45, 7) is 3.72. The number of carboxylic acid groups (broad SMARTS) is 1. The largest absolute Gasteiger partial charge is 0.481 e. The Morgan fingerprint density at radius 3 is 2.35 bits per heavy atom. The fourth-order valence-corrected chi connectivity index (χ4v) is 5.13. The van der Waals surface area contributed by atoms with Gasteiger partial charge in [0.25, 0.3) is 5.91 Å². The predicted molar refractivity (Wildman–Crippen MR) is 135 cm³/mol. The Bertz CT molecular complexity index is 1180. The number of benzene rings is 2. The molecule has 1 heterocycles. The number of aliphatic carboxylic acids is 1. The van der Waals surface area contributed by atoms with E-state index in [0.29, 0.717) is 16.3 Å². The van der Waals surface area contributed by atoms with Crippen molar-refractivity contribution in [2.45, 2.75) is 44.7 Å². The molecule has 0 spiro atoms. The molecule has 34 heavy (non-hydrogen) atoms. The highest BCUT2D eigenvalue weighted by molar-refractivity contribution is 7.19. The molecular formula is C26H27ClN2O4S. The molecule has 0 aliphatic carbocycles. The summed E-state index contributed by atoms with van der Waals surface area (Å²) in [5.41, 5.74) is 7.06. The molecule has 1 aromatic heterocycles. The monoisotopic (exact) mass is 498 g/mol. The van der Waals surface area contributed by atoms with Crippen molar-refractivity contribution in [3.05, 3.63) is 82.2 Å². The fourth-order valence-electron chi connectivity index (χ4n) is 4.09. The summed E-state index contributed by atoms with van der Waals surface area (Å²) in [4.78, 5) is 40.0. The van der Waals surface area contributed by atoms with E-state index in [9.17, 15) is 19.5 Å². The molecule has 0 unspecified atom stereocenters. The second kappa shape index (κ2) is 10.8. The van der Waals surface area contributed by atoms with E-state index in [0.717, 1.165) is 16.0 Å². The number of amides is 2. The molecule has 3 aromatic rings. The second-order valence-electron chi connectivity index (χ2n) is 8.69. The van der Waals surface area contributed by atoms with Crippen LogP contribution in [0.15, 0.2) is 66.7 Å². The van der Waals surface area contributed by atoms with Gasteiger partial charge in [0.05, 0.1) is 4.34 Å². The average molecular weight is 499 g/mol. The van der Waals surface area contributed by atoms with Gasteiger partial charge in [-0.2, -0.15) is 0 Å². The number of carbonyl (C=O) groups excluding carboxylic acids is 2. The lowest BCUT2D eigenvalue weighted by Gasteiger charge is -2.43. The molecule has 8 heteroatoms. The van der Waals surface area contributed by atoms with Gasteiger partial charge < -0.3 is 15.7 Å². The van der Waals surface area contributed by atoms with Crippen LogP contribution in [0.2, 0.25) is 4.34 Å². The minimum absolute atomic E-state index is 0.0746. The number of carboxylic acids is 1. The normalized spacial score (nSPS) is 12.2. The highest BCUT2D eigenvalue weighted by Gasteiger charge is 2.39. The van der Waals surface area contributed by atoms with Crippen molar-refractivity contribution in [2.24, 2.45) is 5.73 Å². The van der Waals surface area contributed by atoms with Gasteiger partial charge in [-0.3, -0.25) is 14.4 Å². The smallest absolute Gasteiger partial charge is 0.303 e. The number of nitrogens with two attached hydrogens (primary N) is 1. The summed E-state index contributed by atoms with van der Waals surface area (Å²) >= 11 is 7.48. The average Bonchev–Trinajstić information content (AvgIpc) is 3.22. The Kier molecular flexibility index (Phi) is 8.12. The van der Waals surface area contributed by atoms with E-state index in [1.807, 2.05) is 56.3 Å². The zero-order valence-electron chi connectivity index (χ0n) is 19.0. The van der Waals surface area contributed by atoms with Crippen molar-refractivity contribution in [1.29, 1.82) is 0 Å². The summed E-state index contributed by atoms with van der Waals surface area (Å²) in [6, 6.07) is 19.3. The quantitative estimate of drug-likeness (QED) is 0.398. The Hall–Kier alpha value is -3.16. The Balaban J connectivity index is 2.04. The van der Waals surface area contributed by atoms with Crippen molar-refractivity contribution in [3.63, 3.8) is 0 Å². The molecule has 3 N–H and O–H groups in total. The molecule has 0 fully saturated rings. The van der Waals surface area contributed by atoms with E-state index in [1.54, 1.807) is 24.3 Å². The maximum Gasteiger partial charge on any atom is 0.303 e. The maximum absolute atomic E-state index is 13.9. The molecule has 0 bridgehead atoms. The van der Waals surface area contributed by atoms with Crippen LogP contribution in [0.1, 0.15) is 42.6 Å². The third kappa shape index (κ3) is 6.24. The molecular weight excluding hydrogens is 472 g/mol. The number of halogens is 1. The third-order valence-electron chi connectivity index (χ3n) is 5.59. The Morgan fingerprint density at radius 2 is 1.76 bits per heavy atom. The zero-order valence-corrected chi connectivity index (χ0v) is 20.6. The Morgan fingerprint density at radius 1 is 1.06 bits per heavy atom. The minimum Gasteiger partial charge on any atom is -0.481 e. The van der Waals surface area contributed by atoms with E-state index in [2.05, 4.69) is 0 Å². The fraction of sp³-hybridized carbons (Fsp3) is 0.269. The lowest BCUT2D eigenvalue weighted by molar-refractivity contribution is -0.137. The first-order chi connectivity index (χ1) is 16.1. The molecule has 0 radical (unpaired) electrons. The lowest BCUT2D eigenvalue weighted by atomic mass is 9.89. The van der Waals surface area contributed by atoms with E-state index in [1.165, 1.54) is 16.2 Å². The van der Waals surface area contributed by atoms with Gasteiger partial charge in [0.1, 0.15) is 6.04 Å². The standard InChI is InChI=1S/C26H27ClN2O4S/c1-26(2,16-17-7-4-3-5-8-17)29(20(24(28)32)11-14-23(30)31)25(33)19-10-6-9-18(15-19)21-12-13-22(27)34-21/h3-10,12-13,15,20H,11,14,16H2,1-2H3,(H2,28,32)(H,30,31)/t20-/m0/s1. The molecule has 3 rings (SSSR count). The zero-order chi connectivity index (χ0) is 24.9. The predicted octanol–water partition coefficient (Wildman–Crippen LogP) is 5.25. The number of hydrogen-bond acceptors (Lipinski definition) is 4. The molecule has 0 aliphatic heterocycles. The van der Waals surface area contributed by atoms with Gasteiger partial charge in [-0.05, 0) is 62.1 Å². The summed E-state index contributed by atoms with van der Waals surface area (Å²) < 4.78 is 0.639. The van der Waals surface area contributed by atoms with Crippen LogP contribution in [-0.2, 0) is 16.0 Å². The van der Waals surface area contributed by atoms with E-state index in [-0.39, 0.29) is 18.7 Å². The van der Waals surface area contributed by atoms with Crippen molar-refractivity contribution >= 4 is 40.7 Å². The molecule has 0 saturated heterocycles.